The quantitative estimate of drug-likeness (QED) is 0.621. The molecule has 2 rings (SSSR count). The van der Waals surface area contributed by atoms with Gasteiger partial charge in [-0.2, -0.15) is 0 Å². The molecule has 66 valence electrons. The Hall–Kier alpha value is -0.438. The van der Waals surface area contributed by atoms with Gasteiger partial charge in [0.2, 0.25) is 0 Å². The van der Waals surface area contributed by atoms with E-state index in [0.29, 0.717) is 0 Å². The minimum absolute atomic E-state index is 0. The standard InChI is InChI=1S/C7H5NO3S.Pb/c9-7-5-3-1-2-4-6(5)12(10,11)8-7;/h1-4H,(H,8,9);. The number of hydrogen-bond donors (Lipinski definition) is 1. The number of nitrogens with one attached hydrogen (secondary N) is 1. The fourth-order valence-corrected chi connectivity index (χ4v) is 2.29. The molecule has 0 fully saturated rings. The second-order valence-electron chi connectivity index (χ2n) is 2.43. The Morgan fingerprint density at radius 3 is 2.38 bits per heavy atom. The van der Waals surface area contributed by atoms with Gasteiger partial charge in [-0.3, -0.25) is 4.79 Å². The number of carbonyl (C=O) groups is 1. The Morgan fingerprint density at radius 1 is 1.15 bits per heavy atom. The van der Waals surface area contributed by atoms with Crippen molar-refractivity contribution in [2.75, 3.05) is 0 Å². The van der Waals surface area contributed by atoms with Crippen molar-refractivity contribution in [2.45, 2.75) is 4.90 Å². The van der Waals surface area contributed by atoms with Crippen molar-refractivity contribution in [1.29, 1.82) is 0 Å². The molecule has 0 aliphatic carbocycles. The third kappa shape index (κ3) is 1.62. The van der Waals surface area contributed by atoms with Crippen molar-refractivity contribution < 1.29 is 13.2 Å². The minimum Gasteiger partial charge on any atom is -0.268 e. The maximum atomic E-state index is 11.1. The second kappa shape index (κ2) is 3.37. The molecule has 0 unspecified atom stereocenters. The van der Waals surface area contributed by atoms with Crippen LogP contribution in [-0.4, -0.2) is 41.6 Å². The Morgan fingerprint density at radius 2 is 1.77 bits per heavy atom. The number of benzene rings is 1. The van der Waals surface area contributed by atoms with Crippen LogP contribution < -0.4 is 4.72 Å². The summed E-state index contributed by atoms with van der Waals surface area (Å²) in [5.41, 5.74) is 0.220. The normalized spacial score (nSPS) is 17.1. The predicted octanol–water partition coefficient (Wildman–Crippen LogP) is -0.262. The molecular weight excluding hydrogens is 385 g/mol. The molecule has 1 aromatic rings. The van der Waals surface area contributed by atoms with Crippen LogP contribution in [0, 0.1) is 0 Å². The van der Waals surface area contributed by atoms with E-state index in [-0.39, 0.29) is 37.8 Å². The van der Waals surface area contributed by atoms with E-state index in [1.54, 1.807) is 12.1 Å². The molecule has 1 aliphatic rings. The maximum Gasteiger partial charge on any atom is 0.266 e. The van der Waals surface area contributed by atoms with Crippen molar-refractivity contribution in [1.82, 2.24) is 4.72 Å². The Labute approximate surface area is 95.5 Å². The van der Waals surface area contributed by atoms with E-state index in [1.165, 1.54) is 12.1 Å². The number of hydrogen-bond acceptors (Lipinski definition) is 3. The molecule has 1 aliphatic heterocycles. The first-order chi connectivity index (χ1) is 5.61. The van der Waals surface area contributed by atoms with Crippen LogP contribution >= 0.6 is 0 Å². The molecule has 0 spiro atoms. The number of carbonyl (C=O) groups excluding carboxylic acids is 1. The van der Waals surface area contributed by atoms with E-state index >= 15 is 0 Å². The zero-order valence-electron chi connectivity index (χ0n) is 6.44. The van der Waals surface area contributed by atoms with Gasteiger partial charge >= 0.3 is 0 Å². The molecule has 1 aromatic carbocycles. The number of rotatable bonds is 0. The minimum atomic E-state index is -3.55. The Balaban J connectivity index is 0.000000845. The average molecular weight is 390 g/mol. The van der Waals surface area contributed by atoms with E-state index in [2.05, 4.69) is 0 Å². The summed E-state index contributed by atoms with van der Waals surface area (Å²) in [6, 6.07) is 6.09. The van der Waals surface area contributed by atoms with Crippen molar-refractivity contribution in [3.8, 4) is 0 Å². The zero-order chi connectivity index (χ0) is 8.77. The van der Waals surface area contributed by atoms with Gasteiger partial charge in [0, 0.05) is 27.3 Å². The smallest absolute Gasteiger partial charge is 0.266 e. The summed E-state index contributed by atoms with van der Waals surface area (Å²) in [4.78, 5) is 11.1. The first-order valence-electron chi connectivity index (χ1n) is 3.27. The van der Waals surface area contributed by atoms with Crippen molar-refractivity contribution in [2.24, 2.45) is 0 Å². The average Bonchev–Trinajstić information content (AvgIpc) is 2.25. The van der Waals surface area contributed by atoms with E-state index in [1.807, 2.05) is 4.72 Å². The molecule has 0 aromatic heterocycles. The summed E-state index contributed by atoms with van der Waals surface area (Å²) < 4.78 is 24.2. The SMILES string of the molecule is O=C1NS(=O)(=O)c2ccccc21.[Pb]. The van der Waals surface area contributed by atoms with E-state index in [4.69, 9.17) is 0 Å². The summed E-state index contributed by atoms with van der Waals surface area (Å²) in [7, 11) is -3.55. The van der Waals surface area contributed by atoms with Crippen LogP contribution in [0.3, 0.4) is 0 Å². The molecule has 0 saturated carbocycles. The third-order valence-corrected chi connectivity index (χ3v) is 3.04. The van der Waals surface area contributed by atoms with Crippen LogP contribution in [0.15, 0.2) is 29.2 Å². The van der Waals surface area contributed by atoms with Gasteiger partial charge in [0.1, 0.15) is 4.90 Å². The molecule has 13 heavy (non-hydrogen) atoms. The first kappa shape index (κ1) is 10.6. The Kier molecular flexibility index (Phi) is 2.76. The third-order valence-electron chi connectivity index (χ3n) is 1.65. The van der Waals surface area contributed by atoms with Crippen LogP contribution in [-0.2, 0) is 10.0 Å². The number of fused-ring (bicyclic) bond motifs is 1. The molecule has 4 nitrogen and oxygen atoms in total. The first-order valence-corrected chi connectivity index (χ1v) is 4.76. The van der Waals surface area contributed by atoms with Gasteiger partial charge in [0.15, 0.2) is 0 Å². The van der Waals surface area contributed by atoms with Crippen LogP contribution in [0.1, 0.15) is 10.4 Å². The molecule has 4 radical (unpaired) electrons. The van der Waals surface area contributed by atoms with Crippen LogP contribution in [0.5, 0.6) is 0 Å². The van der Waals surface area contributed by atoms with E-state index in [0.717, 1.165) is 0 Å². The number of sulfonamides is 1. The molecule has 6 heteroatoms. The van der Waals surface area contributed by atoms with Crippen LogP contribution in [0.4, 0.5) is 0 Å². The van der Waals surface area contributed by atoms with E-state index in [9.17, 15) is 13.2 Å². The monoisotopic (exact) mass is 391 g/mol. The van der Waals surface area contributed by atoms with Gasteiger partial charge in [-0.15, -0.1) is 0 Å². The molecule has 0 saturated heterocycles. The molecule has 0 bridgehead atoms. The summed E-state index contributed by atoms with van der Waals surface area (Å²) in [5.74, 6) is -0.550. The predicted molar refractivity (Wildman–Crippen MR) is 46.8 cm³/mol. The molecule has 1 heterocycles. The zero-order valence-corrected chi connectivity index (χ0v) is 11.1. The van der Waals surface area contributed by atoms with Crippen molar-refractivity contribution in [3.63, 3.8) is 0 Å². The van der Waals surface area contributed by atoms with Gasteiger partial charge < -0.3 is 0 Å². The Bertz CT molecular complexity index is 455. The van der Waals surface area contributed by atoms with Gasteiger partial charge in [-0.05, 0) is 12.1 Å². The molecule has 0 atom stereocenters. The van der Waals surface area contributed by atoms with Gasteiger partial charge in [-0.1, -0.05) is 12.1 Å². The summed E-state index contributed by atoms with van der Waals surface area (Å²) in [6.07, 6.45) is 0. The van der Waals surface area contributed by atoms with Crippen LogP contribution in [0.2, 0.25) is 0 Å². The summed E-state index contributed by atoms with van der Waals surface area (Å²) in [5, 5.41) is 0. The fourth-order valence-electron chi connectivity index (χ4n) is 1.12. The molecule has 1 N–H and O–H groups in total. The summed E-state index contributed by atoms with van der Waals surface area (Å²) in [6.45, 7) is 0. The van der Waals surface area contributed by atoms with Gasteiger partial charge in [0.05, 0.1) is 5.56 Å². The van der Waals surface area contributed by atoms with Gasteiger partial charge in [0.25, 0.3) is 15.9 Å². The molecule has 1 amide bonds. The van der Waals surface area contributed by atoms with Gasteiger partial charge in [-0.25, -0.2) is 13.1 Å². The second-order valence-corrected chi connectivity index (χ2v) is 4.08. The van der Waals surface area contributed by atoms with E-state index < -0.39 is 15.9 Å². The van der Waals surface area contributed by atoms with Crippen molar-refractivity contribution >= 4 is 43.2 Å². The van der Waals surface area contributed by atoms with Crippen LogP contribution in [0.25, 0.3) is 0 Å². The molecular formula is C7H5NO3PbS. The number of amides is 1. The fraction of sp³-hybridized carbons (Fsp3) is 0. The summed E-state index contributed by atoms with van der Waals surface area (Å²) >= 11 is 0. The topological polar surface area (TPSA) is 63.2 Å². The largest absolute Gasteiger partial charge is 0.268 e. The maximum absolute atomic E-state index is 11.1. The van der Waals surface area contributed by atoms with Crippen molar-refractivity contribution in [3.05, 3.63) is 29.8 Å².